The molecule has 0 aliphatic rings. The molecule has 98 valence electrons. The number of hydrogen-bond acceptors (Lipinski definition) is 2. The van der Waals surface area contributed by atoms with Gasteiger partial charge in [0.1, 0.15) is 10.3 Å². The number of hydrogen-bond donors (Lipinski definition) is 1. The number of amides is 1. The van der Waals surface area contributed by atoms with Crippen molar-refractivity contribution in [1.29, 1.82) is 0 Å². The molecule has 0 atom stereocenters. The Morgan fingerprint density at radius 2 is 1.74 bits per heavy atom. The van der Waals surface area contributed by atoms with Crippen molar-refractivity contribution < 1.29 is 4.79 Å². The Morgan fingerprint density at radius 1 is 1.11 bits per heavy atom. The molecule has 1 aromatic carbocycles. The summed E-state index contributed by atoms with van der Waals surface area (Å²) in [6.45, 7) is 0. The normalized spacial score (nSPS) is 10.3. The van der Waals surface area contributed by atoms with E-state index in [9.17, 15) is 4.79 Å². The van der Waals surface area contributed by atoms with Crippen molar-refractivity contribution in [2.75, 3.05) is 5.32 Å². The van der Waals surface area contributed by atoms with Gasteiger partial charge in [-0.05, 0) is 46.3 Å². The zero-order valence-corrected chi connectivity index (χ0v) is 13.1. The van der Waals surface area contributed by atoms with Gasteiger partial charge >= 0.3 is 0 Å². The van der Waals surface area contributed by atoms with Crippen molar-refractivity contribution in [1.82, 2.24) is 4.98 Å². The molecular weight excluding hydrogens is 374 g/mol. The van der Waals surface area contributed by atoms with Crippen LogP contribution in [0.1, 0.15) is 10.4 Å². The van der Waals surface area contributed by atoms with Crippen molar-refractivity contribution in [3.63, 3.8) is 0 Å². The lowest BCUT2D eigenvalue weighted by atomic mass is 10.2. The van der Waals surface area contributed by atoms with Crippen molar-refractivity contribution in [3.8, 4) is 0 Å². The van der Waals surface area contributed by atoms with Gasteiger partial charge in [-0.25, -0.2) is 4.98 Å². The first kappa shape index (κ1) is 14.6. The van der Waals surface area contributed by atoms with Gasteiger partial charge in [0.25, 0.3) is 5.91 Å². The molecular formula is C12H6BrCl3N2O. The van der Waals surface area contributed by atoms with Crippen LogP contribution in [0.2, 0.25) is 15.3 Å². The lowest BCUT2D eigenvalue weighted by Crippen LogP contribution is -2.12. The third-order valence-electron chi connectivity index (χ3n) is 2.20. The number of carbonyl (C=O) groups is 1. The van der Waals surface area contributed by atoms with E-state index in [1.54, 1.807) is 18.2 Å². The van der Waals surface area contributed by atoms with Crippen LogP contribution in [0.3, 0.4) is 0 Å². The summed E-state index contributed by atoms with van der Waals surface area (Å²) in [5.41, 5.74) is 0.922. The van der Waals surface area contributed by atoms with Crippen LogP contribution >= 0.6 is 50.7 Å². The minimum atomic E-state index is -0.339. The van der Waals surface area contributed by atoms with Crippen molar-refractivity contribution in [2.45, 2.75) is 0 Å². The summed E-state index contributed by atoms with van der Waals surface area (Å²) < 4.78 is 0.680. The van der Waals surface area contributed by atoms with E-state index in [2.05, 4.69) is 26.2 Å². The van der Waals surface area contributed by atoms with Crippen LogP contribution in [0.4, 0.5) is 5.69 Å². The molecule has 0 bridgehead atoms. The van der Waals surface area contributed by atoms with Crippen LogP contribution in [-0.2, 0) is 0 Å². The zero-order chi connectivity index (χ0) is 14.0. The Balaban J connectivity index is 2.25. The molecule has 2 rings (SSSR count). The maximum absolute atomic E-state index is 12.0. The van der Waals surface area contributed by atoms with Gasteiger partial charge in [0.05, 0.1) is 5.69 Å². The molecule has 1 heterocycles. The molecule has 2 aromatic rings. The van der Waals surface area contributed by atoms with Gasteiger partial charge in [0, 0.05) is 15.1 Å². The second kappa shape index (κ2) is 6.09. The molecule has 1 N–H and O–H groups in total. The summed E-state index contributed by atoms with van der Waals surface area (Å²) in [5.74, 6) is -0.339. The SMILES string of the molecule is O=C(Nc1ccc(Cl)cc1Br)c1cc(Cl)nc(Cl)c1. The lowest BCUT2D eigenvalue weighted by molar-refractivity contribution is 0.102. The number of pyridine rings is 1. The monoisotopic (exact) mass is 378 g/mol. The molecule has 3 nitrogen and oxygen atoms in total. The zero-order valence-electron chi connectivity index (χ0n) is 9.25. The van der Waals surface area contributed by atoms with E-state index in [1.807, 2.05) is 0 Å². The Labute approximate surface area is 133 Å². The quantitative estimate of drug-likeness (QED) is 0.740. The molecule has 0 fully saturated rings. The van der Waals surface area contributed by atoms with Crippen molar-refractivity contribution in [3.05, 3.63) is 55.7 Å². The highest BCUT2D eigenvalue weighted by Gasteiger charge is 2.11. The first-order chi connectivity index (χ1) is 8.95. The van der Waals surface area contributed by atoms with E-state index >= 15 is 0 Å². The molecule has 19 heavy (non-hydrogen) atoms. The van der Waals surface area contributed by atoms with E-state index in [-0.39, 0.29) is 16.2 Å². The topological polar surface area (TPSA) is 42.0 Å². The van der Waals surface area contributed by atoms with E-state index in [0.717, 1.165) is 0 Å². The van der Waals surface area contributed by atoms with Crippen molar-refractivity contribution >= 4 is 62.3 Å². The molecule has 0 spiro atoms. The predicted octanol–water partition coefficient (Wildman–Crippen LogP) is 5.06. The van der Waals surface area contributed by atoms with Crippen LogP contribution in [0.15, 0.2) is 34.8 Å². The fourth-order valence-electron chi connectivity index (χ4n) is 1.38. The Morgan fingerprint density at radius 3 is 2.32 bits per heavy atom. The number of rotatable bonds is 2. The van der Waals surface area contributed by atoms with Gasteiger partial charge in [-0.15, -0.1) is 0 Å². The number of benzene rings is 1. The third-order valence-corrected chi connectivity index (χ3v) is 3.48. The summed E-state index contributed by atoms with van der Waals surface area (Å²) in [4.78, 5) is 15.8. The van der Waals surface area contributed by atoms with Gasteiger partial charge in [-0.2, -0.15) is 0 Å². The van der Waals surface area contributed by atoms with Crippen LogP contribution < -0.4 is 5.32 Å². The van der Waals surface area contributed by atoms with Crippen LogP contribution in [0.25, 0.3) is 0 Å². The Kier molecular flexibility index (Phi) is 4.68. The van der Waals surface area contributed by atoms with Crippen molar-refractivity contribution in [2.24, 2.45) is 0 Å². The number of carbonyl (C=O) groups excluding carboxylic acids is 1. The molecule has 0 aliphatic heterocycles. The summed E-state index contributed by atoms with van der Waals surface area (Å²) in [6, 6.07) is 7.92. The molecule has 0 radical (unpaired) electrons. The van der Waals surface area contributed by atoms with E-state index < -0.39 is 0 Å². The standard InChI is InChI=1S/C12H6BrCl3N2O/c13-8-5-7(14)1-2-9(8)17-12(19)6-3-10(15)18-11(16)4-6/h1-5H,(H,17,19). The number of halogens is 4. The highest BCUT2D eigenvalue weighted by molar-refractivity contribution is 9.10. The highest BCUT2D eigenvalue weighted by Crippen LogP contribution is 2.26. The van der Waals surface area contributed by atoms with E-state index in [4.69, 9.17) is 34.8 Å². The fraction of sp³-hybridized carbons (Fsp3) is 0. The van der Waals surface area contributed by atoms with Gasteiger partial charge in [0.15, 0.2) is 0 Å². The Bertz CT molecular complexity index is 629. The van der Waals surface area contributed by atoms with E-state index in [1.165, 1.54) is 12.1 Å². The highest BCUT2D eigenvalue weighted by atomic mass is 79.9. The van der Waals surface area contributed by atoms with Crippen LogP contribution in [-0.4, -0.2) is 10.9 Å². The summed E-state index contributed by atoms with van der Waals surface area (Å²) >= 11 is 20.6. The van der Waals surface area contributed by atoms with E-state index in [0.29, 0.717) is 20.7 Å². The molecule has 7 heteroatoms. The first-order valence-corrected chi connectivity index (χ1v) is 6.98. The minimum absolute atomic E-state index is 0.160. The lowest BCUT2D eigenvalue weighted by Gasteiger charge is -2.08. The number of anilines is 1. The smallest absolute Gasteiger partial charge is 0.255 e. The van der Waals surface area contributed by atoms with Gasteiger partial charge < -0.3 is 5.32 Å². The average molecular weight is 380 g/mol. The molecule has 0 saturated heterocycles. The van der Waals surface area contributed by atoms with Gasteiger partial charge in [0.2, 0.25) is 0 Å². The Hall–Kier alpha value is -0.810. The van der Waals surface area contributed by atoms with Gasteiger partial charge in [-0.1, -0.05) is 34.8 Å². The average Bonchev–Trinajstić information content (AvgIpc) is 2.31. The maximum Gasteiger partial charge on any atom is 0.255 e. The summed E-state index contributed by atoms with van der Waals surface area (Å²) in [5, 5.41) is 3.61. The van der Waals surface area contributed by atoms with Crippen LogP contribution in [0, 0.1) is 0 Å². The number of nitrogens with one attached hydrogen (secondary N) is 1. The summed E-state index contributed by atoms with van der Waals surface area (Å²) in [6.07, 6.45) is 0. The first-order valence-electron chi connectivity index (χ1n) is 5.05. The molecule has 0 aliphatic carbocycles. The number of nitrogens with zero attached hydrogens (tertiary/aromatic N) is 1. The maximum atomic E-state index is 12.0. The summed E-state index contributed by atoms with van der Waals surface area (Å²) in [7, 11) is 0. The molecule has 1 aromatic heterocycles. The second-order valence-electron chi connectivity index (χ2n) is 3.58. The van der Waals surface area contributed by atoms with Crippen LogP contribution in [0.5, 0.6) is 0 Å². The molecule has 0 saturated carbocycles. The molecule has 1 amide bonds. The molecule has 0 unspecified atom stereocenters. The predicted molar refractivity (Wildman–Crippen MR) is 81.4 cm³/mol. The minimum Gasteiger partial charge on any atom is -0.321 e. The van der Waals surface area contributed by atoms with Gasteiger partial charge in [-0.3, -0.25) is 4.79 Å². The fourth-order valence-corrected chi connectivity index (χ4v) is 2.62. The third kappa shape index (κ3) is 3.83. The second-order valence-corrected chi connectivity index (χ2v) is 5.64. The largest absolute Gasteiger partial charge is 0.321 e. The number of aromatic nitrogens is 1.